The summed E-state index contributed by atoms with van der Waals surface area (Å²) in [6.07, 6.45) is 1.53. The first-order valence-corrected chi connectivity index (χ1v) is 5.52. The third kappa shape index (κ3) is 2.14. The lowest BCUT2D eigenvalue weighted by molar-refractivity contribution is 0.0833. The molecular weight excluding hydrogens is 270 g/mol. The maximum atomic E-state index is 12.1. The lowest BCUT2D eigenvalue weighted by atomic mass is 10.2. The van der Waals surface area contributed by atoms with Gasteiger partial charge in [-0.3, -0.25) is 9.69 Å². The van der Waals surface area contributed by atoms with E-state index < -0.39 is 0 Å². The van der Waals surface area contributed by atoms with E-state index in [1.807, 2.05) is 18.2 Å². The quantitative estimate of drug-likeness (QED) is 0.796. The highest BCUT2D eigenvalue weighted by molar-refractivity contribution is 9.11. The summed E-state index contributed by atoms with van der Waals surface area (Å²) in [4.78, 5) is 17.6. The van der Waals surface area contributed by atoms with Crippen molar-refractivity contribution in [2.45, 2.75) is 0 Å². The van der Waals surface area contributed by atoms with E-state index in [0.29, 0.717) is 22.6 Å². The minimum atomic E-state index is -0.0958. The van der Waals surface area contributed by atoms with Crippen LogP contribution < -0.4 is 5.73 Å². The predicted molar refractivity (Wildman–Crippen MR) is 66.1 cm³/mol. The second kappa shape index (κ2) is 4.49. The molecule has 0 saturated carbocycles. The average molecular weight is 280 g/mol. The molecule has 1 aromatic carbocycles. The van der Waals surface area contributed by atoms with E-state index in [1.54, 1.807) is 12.1 Å². The standard InChI is InChI=1S/C11H10BrN3O/c12-9-6-14-10(13)7-15(9)11(16)8-4-2-1-3-5-8/h1-6H,7H2,(H2,13,14). The number of rotatable bonds is 1. The van der Waals surface area contributed by atoms with Gasteiger partial charge in [-0.1, -0.05) is 18.2 Å². The summed E-state index contributed by atoms with van der Waals surface area (Å²) in [5, 5.41) is 0. The van der Waals surface area contributed by atoms with Gasteiger partial charge >= 0.3 is 0 Å². The Bertz CT molecular complexity index is 467. The van der Waals surface area contributed by atoms with Crippen LogP contribution in [0.25, 0.3) is 0 Å². The minimum absolute atomic E-state index is 0.0958. The molecule has 16 heavy (non-hydrogen) atoms. The van der Waals surface area contributed by atoms with Gasteiger partial charge in [-0.15, -0.1) is 0 Å². The van der Waals surface area contributed by atoms with E-state index >= 15 is 0 Å². The van der Waals surface area contributed by atoms with Gasteiger partial charge < -0.3 is 5.73 Å². The number of carbonyl (C=O) groups excluding carboxylic acids is 1. The summed E-state index contributed by atoms with van der Waals surface area (Å²) in [7, 11) is 0. The molecule has 1 aromatic rings. The van der Waals surface area contributed by atoms with Crippen LogP contribution >= 0.6 is 15.9 Å². The molecule has 2 rings (SSSR count). The Balaban J connectivity index is 2.24. The van der Waals surface area contributed by atoms with Gasteiger partial charge in [0.2, 0.25) is 0 Å². The highest BCUT2D eigenvalue weighted by atomic mass is 79.9. The summed E-state index contributed by atoms with van der Waals surface area (Å²) in [6.45, 7) is 0.310. The molecule has 4 nitrogen and oxygen atoms in total. The van der Waals surface area contributed by atoms with Crippen LogP contribution in [0.1, 0.15) is 10.4 Å². The third-order valence-corrected chi connectivity index (χ3v) is 2.81. The molecule has 0 atom stereocenters. The number of nitrogens with two attached hydrogens (primary N) is 1. The number of halogens is 1. The maximum absolute atomic E-state index is 12.1. The van der Waals surface area contributed by atoms with Crippen molar-refractivity contribution in [2.75, 3.05) is 6.54 Å². The Labute approximate surface area is 102 Å². The lowest BCUT2D eigenvalue weighted by Crippen LogP contribution is -2.38. The number of hydrogen-bond donors (Lipinski definition) is 1. The fourth-order valence-electron chi connectivity index (χ4n) is 1.39. The lowest BCUT2D eigenvalue weighted by Gasteiger charge is -2.23. The van der Waals surface area contributed by atoms with Crippen LogP contribution in [0.2, 0.25) is 0 Å². The van der Waals surface area contributed by atoms with Gasteiger partial charge in [0.25, 0.3) is 5.91 Å². The first kappa shape index (κ1) is 10.9. The van der Waals surface area contributed by atoms with Crippen LogP contribution in [0.15, 0.2) is 46.1 Å². The van der Waals surface area contributed by atoms with Crippen LogP contribution in [0.4, 0.5) is 0 Å². The molecule has 0 fully saturated rings. The molecule has 1 amide bonds. The van der Waals surface area contributed by atoms with Crippen LogP contribution in [-0.2, 0) is 0 Å². The van der Waals surface area contributed by atoms with Crippen molar-refractivity contribution in [3.05, 3.63) is 46.7 Å². The first-order chi connectivity index (χ1) is 7.68. The smallest absolute Gasteiger partial charge is 0.259 e. The Hall–Kier alpha value is -1.62. The monoisotopic (exact) mass is 279 g/mol. The number of nitrogens with zero attached hydrogens (tertiary/aromatic N) is 2. The molecule has 5 heteroatoms. The fourth-order valence-corrected chi connectivity index (χ4v) is 1.78. The predicted octanol–water partition coefficient (Wildman–Crippen LogP) is 1.69. The van der Waals surface area contributed by atoms with Gasteiger partial charge in [-0.25, -0.2) is 4.99 Å². The molecule has 0 bridgehead atoms. The Morgan fingerprint density at radius 3 is 2.75 bits per heavy atom. The molecule has 0 aromatic heterocycles. The van der Waals surface area contributed by atoms with Gasteiger partial charge in [0.15, 0.2) is 0 Å². The summed E-state index contributed by atoms with van der Waals surface area (Å²) < 4.78 is 0.621. The van der Waals surface area contributed by atoms with E-state index in [0.717, 1.165) is 0 Å². The normalized spacial score (nSPS) is 15.4. The van der Waals surface area contributed by atoms with Crippen molar-refractivity contribution in [1.82, 2.24) is 4.90 Å². The largest absolute Gasteiger partial charge is 0.386 e. The van der Waals surface area contributed by atoms with Crippen molar-refractivity contribution in [2.24, 2.45) is 10.7 Å². The highest BCUT2D eigenvalue weighted by Crippen LogP contribution is 2.18. The Morgan fingerprint density at radius 1 is 1.38 bits per heavy atom. The summed E-state index contributed by atoms with van der Waals surface area (Å²) in [6, 6.07) is 9.06. The van der Waals surface area contributed by atoms with Gasteiger partial charge in [0.1, 0.15) is 10.4 Å². The molecule has 0 aliphatic carbocycles. The van der Waals surface area contributed by atoms with Gasteiger partial charge in [-0.2, -0.15) is 0 Å². The number of amidine groups is 1. The van der Waals surface area contributed by atoms with Crippen LogP contribution in [-0.4, -0.2) is 23.2 Å². The van der Waals surface area contributed by atoms with Crippen molar-refractivity contribution < 1.29 is 4.79 Å². The zero-order chi connectivity index (χ0) is 11.5. The molecule has 1 aliphatic heterocycles. The Kier molecular flexibility index (Phi) is 3.05. The molecule has 2 N–H and O–H groups in total. The van der Waals surface area contributed by atoms with Gasteiger partial charge in [-0.05, 0) is 28.1 Å². The van der Waals surface area contributed by atoms with Crippen LogP contribution in [0.5, 0.6) is 0 Å². The van der Waals surface area contributed by atoms with E-state index in [1.165, 1.54) is 11.1 Å². The van der Waals surface area contributed by atoms with Crippen molar-refractivity contribution in [1.29, 1.82) is 0 Å². The SMILES string of the molecule is NC1=NC=C(Br)N(C(=O)c2ccccc2)C1. The number of benzene rings is 1. The average Bonchev–Trinajstić information content (AvgIpc) is 2.32. The van der Waals surface area contributed by atoms with Crippen LogP contribution in [0.3, 0.4) is 0 Å². The molecule has 0 spiro atoms. The number of amides is 1. The Morgan fingerprint density at radius 2 is 2.06 bits per heavy atom. The second-order valence-corrected chi connectivity index (χ2v) is 4.14. The third-order valence-electron chi connectivity index (χ3n) is 2.18. The van der Waals surface area contributed by atoms with Crippen molar-refractivity contribution in [3.8, 4) is 0 Å². The number of carbonyl (C=O) groups is 1. The fraction of sp³-hybridized carbons (Fsp3) is 0.0909. The maximum Gasteiger partial charge on any atom is 0.259 e. The zero-order valence-corrected chi connectivity index (χ0v) is 10.0. The molecular formula is C11H10BrN3O. The number of aliphatic imine (C=N–C) groups is 1. The molecule has 82 valence electrons. The topological polar surface area (TPSA) is 58.7 Å². The summed E-state index contributed by atoms with van der Waals surface area (Å²) in [5.41, 5.74) is 6.22. The van der Waals surface area contributed by atoms with E-state index in [9.17, 15) is 4.79 Å². The van der Waals surface area contributed by atoms with Gasteiger partial charge in [0, 0.05) is 5.56 Å². The van der Waals surface area contributed by atoms with Crippen LogP contribution in [0, 0.1) is 0 Å². The summed E-state index contributed by atoms with van der Waals surface area (Å²) in [5.74, 6) is 0.328. The molecule has 0 saturated heterocycles. The molecule has 0 unspecified atom stereocenters. The van der Waals surface area contributed by atoms with E-state index in [2.05, 4.69) is 20.9 Å². The van der Waals surface area contributed by atoms with E-state index in [-0.39, 0.29) is 5.91 Å². The molecule has 1 heterocycles. The van der Waals surface area contributed by atoms with Crippen molar-refractivity contribution in [3.63, 3.8) is 0 Å². The molecule has 1 aliphatic rings. The van der Waals surface area contributed by atoms with Gasteiger partial charge in [0.05, 0.1) is 12.7 Å². The first-order valence-electron chi connectivity index (χ1n) is 4.73. The molecule has 0 radical (unpaired) electrons. The highest BCUT2D eigenvalue weighted by Gasteiger charge is 2.21. The number of hydrogen-bond acceptors (Lipinski definition) is 3. The van der Waals surface area contributed by atoms with Crippen molar-refractivity contribution >= 4 is 27.7 Å². The zero-order valence-electron chi connectivity index (χ0n) is 8.43. The second-order valence-electron chi connectivity index (χ2n) is 3.33. The van der Waals surface area contributed by atoms with E-state index in [4.69, 9.17) is 5.73 Å². The summed E-state index contributed by atoms with van der Waals surface area (Å²) >= 11 is 3.28. The minimum Gasteiger partial charge on any atom is -0.386 e.